The van der Waals surface area contributed by atoms with E-state index in [1.54, 1.807) is 36.4 Å². The van der Waals surface area contributed by atoms with E-state index in [-0.39, 0.29) is 23.9 Å². The number of esters is 1. The largest absolute Gasteiger partial charge is 0.454 e. The fourth-order valence-corrected chi connectivity index (χ4v) is 3.08. The average Bonchev–Trinajstić information content (AvgIpc) is 2.63. The van der Waals surface area contributed by atoms with Crippen molar-refractivity contribution in [2.75, 3.05) is 11.1 Å². The summed E-state index contributed by atoms with van der Waals surface area (Å²) in [6, 6.07) is 12.4. The van der Waals surface area contributed by atoms with Crippen LogP contribution in [0.4, 0.5) is 10.1 Å². The Labute approximate surface area is 161 Å². The third-order valence-electron chi connectivity index (χ3n) is 3.56. The molecule has 0 aliphatic heterocycles. The second-order valence-corrected chi connectivity index (χ2v) is 6.98. The summed E-state index contributed by atoms with van der Waals surface area (Å²) < 4.78 is 18.0. The number of amides is 1. The van der Waals surface area contributed by atoms with Crippen molar-refractivity contribution < 1.29 is 23.5 Å². The molecule has 1 amide bonds. The molecule has 0 aromatic heterocycles. The molecule has 0 saturated carbocycles. The molecule has 1 unspecified atom stereocenters. The van der Waals surface area contributed by atoms with Crippen LogP contribution < -0.4 is 5.32 Å². The van der Waals surface area contributed by atoms with Crippen molar-refractivity contribution in [3.63, 3.8) is 0 Å². The number of benzene rings is 2. The van der Waals surface area contributed by atoms with Crippen molar-refractivity contribution in [3.8, 4) is 0 Å². The predicted octanol–water partition coefficient (Wildman–Crippen LogP) is 4.08. The van der Waals surface area contributed by atoms with Crippen molar-refractivity contribution in [1.29, 1.82) is 0 Å². The van der Waals surface area contributed by atoms with Gasteiger partial charge in [0.1, 0.15) is 5.82 Å². The van der Waals surface area contributed by atoms with Crippen LogP contribution in [0.15, 0.2) is 53.4 Å². The lowest BCUT2D eigenvalue weighted by molar-refractivity contribution is -0.145. The van der Waals surface area contributed by atoms with Crippen LogP contribution in [0, 0.1) is 5.82 Å². The third-order valence-corrected chi connectivity index (χ3v) is 4.57. The van der Waals surface area contributed by atoms with E-state index in [1.165, 1.54) is 37.7 Å². The van der Waals surface area contributed by atoms with Crippen LogP contribution in [0.2, 0.25) is 0 Å². The number of Topliss-reactive ketones (excluding diaryl/α,β-unsaturated/α-hetero) is 1. The zero-order valence-corrected chi connectivity index (χ0v) is 15.8. The Bertz CT molecular complexity index is 806. The molecule has 1 atom stereocenters. The zero-order chi connectivity index (χ0) is 19.8. The highest BCUT2D eigenvalue weighted by Gasteiger charge is 2.19. The summed E-state index contributed by atoms with van der Waals surface area (Å²) in [5.41, 5.74) is 0.978. The Morgan fingerprint density at radius 3 is 2.30 bits per heavy atom. The highest BCUT2D eigenvalue weighted by Crippen LogP contribution is 2.19. The van der Waals surface area contributed by atoms with Crippen LogP contribution in [0.5, 0.6) is 0 Å². The molecule has 2 aromatic rings. The number of nitrogens with one attached hydrogen (secondary N) is 1. The van der Waals surface area contributed by atoms with Crippen molar-refractivity contribution >= 4 is 35.1 Å². The van der Waals surface area contributed by atoms with Gasteiger partial charge < -0.3 is 10.1 Å². The molecule has 7 heteroatoms. The fraction of sp³-hybridized carbons (Fsp3) is 0.250. The Morgan fingerprint density at radius 1 is 1.07 bits per heavy atom. The number of ether oxygens (including phenoxy) is 1. The monoisotopic (exact) mass is 389 g/mol. The van der Waals surface area contributed by atoms with Gasteiger partial charge in [-0.05, 0) is 55.5 Å². The van der Waals surface area contributed by atoms with Crippen LogP contribution in [0.25, 0.3) is 0 Å². The van der Waals surface area contributed by atoms with Gasteiger partial charge in [0.05, 0.1) is 6.42 Å². The number of carbonyl (C=O) groups is 3. The Morgan fingerprint density at radius 2 is 1.70 bits per heavy atom. The number of halogens is 1. The lowest BCUT2D eigenvalue weighted by atomic mass is 10.1. The van der Waals surface area contributed by atoms with E-state index in [2.05, 4.69) is 5.32 Å². The quantitative estimate of drug-likeness (QED) is 0.418. The van der Waals surface area contributed by atoms with Crippen LogP contribution in [0.3, 0.4) is 0 Å². The third kappa shape index (κ3) is 6.86. The van der Waals surface area contributed by atoms with E-state index >= 15 is 0 Å². The van der Waals surface area contributed by atoms with E-state index in [9.17, 15) is 18.8 Å². The minimum atomic E-state index is -0.903. The van der Waals surface area contributed by atoms with Crippen LogP contribution >= 0.6 is 11.8 Å². The number of thioether (sulfide) groups is 1. The van der Waals surface area contributed by atoms with Gasteiger partial charge in [0.15, 0.2) is 6.10 Å². The Kier molecular flexibility index (Phi) is 7.55. The van der Waals surface area contributed by atoms with Gasteiger partial charge in [-0.2, -0.15) is 0 Å². The van der Waals surface area contributed by atoms with Crippen LogP contribution in [-0.4, -0.2) is 29.5 Å². The minimum Gasteiger partial charge on any atom is -0.454 e. The lowest BCUT2D eigenvalue weighted by Gasteiger charge is -2.13. The Balaban J connectivity index is 1.79. The highest BCUT2D eigenvalue weighted by molar-refractivity contribution is 7.99. The van der Waals surface area contributed by atoms with Gasteiger partial charge in [-0.1, -0.05) is 0 Å². The second-order valence-electron chi connectivity index (χ2n) is 5.81. The fourth-order valence-electron chi connectivity index (χ4n) is 2.25. The average molecular weight is 389 g/mol. The summed E-state index contributed by atoms with van der Waals surface area (Å²) in [5, 5.41) is 2.61. The van der Waals surface area contributed by atoms with E-state index in [4.69, 9.17) is 4.74 Å². The zero-order valence-electron chi connectivity index (χ0n) is 15.0. The summed E-state index contributed by atoms with van der Waals surface area (Å²) in [6.45, 7) is 2.92. The number of hydrogen-bond acceptors (Lipinski definition) is 5. The summed E-state index contributed by atoms with van der Waals surface area (Å²) in [4.78, 5) is 36.1. The molecular weight excluding hydrogens is 369 g/mol. The van der Waals surface area contributed by atoms with E-state index < -0.39 is 12.1 Å². The van der Waals surface area contributed by atoms with Gasteiger partial charge in [-0.25, -0.2) is 4.39 Å². The smallest absolute Gasteiger partial charge is 0.307 e. The van der Waals surface area contributed by atoms with Crippen LogP contribution in [0.1, 0.15) is 30.6 Å². The van der Waals surface area contributed by atoms with Gasteiger partial charge in [-0.15, -0.1) is 11.8 Å². The van der Waals surface area contributed by atoms with Crippen molar-refractivity contribution in [1.82, 2.24) is 0 Å². The normalized spacial score (nSPS) is 11.5. The van der Waals surface area contributed by atoms with E-state index in [1.807, 2.05) is 0 Å². The van der Waals surface area contributed by atoms with Crippen molar-refractivity contribution in [3.05, 3.63) is 59.9 Å². The molecule has 0 aliphatic carbocycles. The first kappa shape index (κ1) is 20.6. The molecule has 2 rings (SSSR count). The number of ketones is 1. The molecule has 142 valence electrons. The molecule has 0 bridgehead atoms. The van der Waals surface area contributed by atoms with Gasteiger partial charge in [-0.3, -0.25) is 14.4 Å². The predicted molar refractivity (Wildman–Crippen MR) is 102 cm³/mol. The highest BCUT2D eigenvalue weighted by atomic mass is 32.2. The number of carbonyl (C=O) groups excluding carboxylic acids is 3. The molecule has 1 N–H and O–H groups in total. The number of rotatable bonds is 8. The summed E-state index contributed by atoms with van der Waals surface area (Å²) in [7, 11) is 0. The molecule has 0 heterocycles. The molecule has 0 saturated heterocycles. The minimum absolute atomic E-state index is 0.140. The number of anilines is 1. The maximum Gasteiger partial charge on any atom is 0.307 e. The maximum atomic E-state index is 12.8. The topological polar surface area (TPSA) is 72.5 Å². The molecule has 5 nitrogen and oxygen atoms in total. The molecule has 27 heavy (non-hydrogen) atoms. The maximum absolute atomic E-state index is 12.8. The van der Waals surface area contributed by atoms with Crippen molar-refractivity contribution in [2.24, 2.45) is 0 Å². The second kappa shape index (κ2) is 9.87. The van der Waals surface area contributed by atoms with Gasteiger partial charge >= 0.3 is 5.97 Å². The summed E-state index contributed by atoms with van der Waals surface area (Å²) >= 11 is 1.41. The SMILES string of the molecule is CC(=O)Nc1ccc(C(=O)C(C)OC(=O)CCSc2ccc(F)cc2)cc1. The lowest BCUT2D eigenvalue weighted by Crippen LogP contribution is -2.24. The number of hydrogen-bond donors (Lipinski definition) is 1. The standard InChI is InChI=1S/C20H20FNO4S/c1-13(20(25)15-3-7-17(8-4-15)22-14(2)23)26-19(24)11-12-27-18-9-5-16(21)6-10-18/h3-10,13H,11-12H2,1-2H3,(H,22,23). The first-order valence-electron chi connectivity index (χ1n) is 8.35. The first-order chi connectivity index (χ1) is 12.8. The molecule has 2 aromatic carbocycles. The van der Waals surface area contributed by atoms with E-state index in [0.717, 1.165) is 4.90 Å². The molecular formula is C20H20FNO4S. The van der Waals surface area contributed by atoms with Gasteiger partial charge in [0, 0.05) is 28.8 Å². The molecule has 0 spiro atoms. The van der Waals surface area contributed by atoms with Gasteiger partial charge in [0.2, 0.25) is 11.7 Å². The first-order valence-corrected chi connectivity index (χ1v) is 9.33. The summed E-state index contributed by atoms with van der Waals surface area (Å²) in [6.07, 6.45) is -0.763. The molecule has 0 radical (unpaired) electrons. The van der Waals surface area contributed by atoms with E-state index in [0.29, 0.717) is 17.0 Å². The molecule has 0 fully saturated rings. The van der Waals surface area contributed by atoms with Crippen molar-refractivity contribution in [2.45, 2.75) is 31.3 Å². The Hall–Kier alpha value is -2.67. The summed E-state index contributed by atoms with van der Waals surface area (Å²) in [5.74, 6) is -0.827. The molecule has 0 aliphatic rings. The van der Waals surface area contributed by atoms with Crippen LogP contribution in [-0.2, 0) is 14.3 Å². The van der Waals surface area contributed by atoms with Gasteiger partial charge in [0.25, 0.3) is 0 Å².